The number of hydrogen-bond acceptors (Lipinski definition) is 2. The van der Waals surface area contributed by atoms with Crippen LogP contribution in [0.15, 0.2) is 0 Å². The maximum absolute atomic E-state index is 12.4. The van der Waals surface area contributed by atoms with Crippen LogP contribution >= 0.6 is 0 Å². The number of rotatable bonds is 1. The lowest BCUT2D eigenvalue weighted by atomic mass is 9.74. The van der Waals surface area contributed by atoms with Gasteiger partial charge in [0.2, 0.25) is 11.8 Å². The molecule has 1 aliphatic carbocycles. The molecule has 16 heavy (non-hydrogen) atoms. The van der Waals surface area contributed by atoms with Crippen molar-refractivity contribution in [2.45, 2.75) is 64.1 Å². The molecule has 2 rings (SSSR count). The van der Waals surface area contributed by atoms with Crippen LogP contribution in [0.2, 0.25) is 0 Å². The average Bonchev–Trinajstić information content (AvgIpc) is 2.12. The van der Waals surface area contributed by atoms with Crippen LogP contribution in [-0.2, 0) is 9.59 Å². The molecule has 1 atom stereocenters. The van der Waals surface area contributed by atoms with Crippen LogP contribution in [0.25, 0.3) is 0 Å². The van der Waals surface area contributed by atoms with E-state index in [2.05, 4.69) is 12.2 Å². The minimum atomic E-state index is -0.762. The number of nitrogens with one attached hydrogen (secondary N) is 1. The van der Waals surface area contributed by atoms with Gasteiger partial charge < -0.3 is 10.2 Å². The van der Waals surface area contributed by atoms with Crippen molar-refractivity contribution in [1.29, 1.82) is 0 Å². The Labute approximate surface area is 96.4 Å². The molecular weight excluding hydrogens is 204 g/mol. The molecule has 4 nitrogen and oxygen atoms in total. The zero-order valence-electron chi connectivity index (χ0n) is 10.5. The van der Waals surface area contributed by atoms with Crippen LogP contribution in [0.3, 0.4) is 0 Å². The summed E-state index contributed by atoms with van der Waals surface area (Å²) in [6.45, 7) is 7.44. The van der Waals surface area contributed by atoms with E-state index in [0.717, 1.165) is 19.3 Å². The van der Waals surface area contributed by atoms with Crippen molar-refractivity contribution in [3.63, 3.8) is 0 Å². The van der Waals surface area contributed by atoms with Gasteiger partial charge in [0.15, 0.2) is 0 Å². The van der Waals surface area contributed by atoms with E-state index in [1.54, 1.807) is 18.7 Å². The van der Waals surface area contributed by atoms with Crippen molar-refractivity contribution in [3.05, 3.63) is 0 Å². The average molecular weight is 224 g/mol. The van der Waals surface area contributed by atoms with Gasteiger partial charge >= 0.3 is 0 Å². The van der Waals surface area contributed by atoms with Crippen LogP contribution in [0.5, 0.6) is 0 Å². The summed E-state index contributed by atoms with van der Waals surface area (Å²) < 4.78 is 0. The molecule has 1 saturated carbocycles. The zero-order chi connectivity index (χ0) is 12.1. The molecule has 1 unspecified atom stereocenters. The van der Waals surface area contributed by atoms with Crippen molar-refractivity contribution in [1.82, 2.24) is 10.2 Å². The largest absolute Gasteiger partial charge is 0.340 e. The predicted molar refractivity (Wildman–Crippen MR) is 60.8 cm³/mol. The molecule has 2 aliphatic rings. The fourth-order valence-electron chi connectivity index (χ4n) is 2.70. The van der Waals surface area contributed by atoms with E-state index in [1.807, 2.05) is 6.92 Å². The van der Waals surface area contributed by atoms with Crippen molar-refractivity contribution in [2.75, 3.05) is 0 Å². The minimum absolute atomic E-state index is 0.0433. The summed E-state index contributed by atoms with van der Waals surface area (Å²) in [7, 11) is 0. The Morgan fingerprint density at radius 3 is 2.25 bits per heavy atom. The summed E-state index contributed by atoms with van der Waals surface area (Å²) in [4.78, 5) is 26.0. The first-order chi connectivity index (χ1) is 7.28. The molecule has 1 saturated heterocycles. The van der Waals surface area contributed by atoms with Crippen LogP contribution < -0.4 is 5.32 Å². The maximum atomic E-state index is 12.4. The Morgan fingerprint density at radius 1 is 1.25 bits per heavy atom. The number of amides is 2. The highest BCUT2D eigenvalue weighted by Crippen LogP contribution is 2.40. The molecule has 0 aromatic carbocycles. The van der Waals surface area contributed by atoms with E-state index < -0.39 is 5.54 Å². The summed E-state index contributed by atoms with van der Waals surface area (Å²) in [5, 5.41) is 2.78. The molecule has 0 aromatic heterocycles. The van der Waals surface area contributed by atoms with Gasteiger partial charge in [0.1, 0.15) is 11.6 Å². The number of carbonyl (C=O) groups excluding carboxylic acids is 2. The first-order valence-corrected chi connectivity index (χ1v) is 5.94. The number of hydrogen-bond donors (Lipinski definition) is 1. The maximum Gasteiger partial charge on any atom is 0.248 e. The van der Waals surface area contributed by atoms with E-state index in [-0.39, 0.29) is 23.4 Å². The molecule has 0 spiro atoms. The molecular formula is C12H20N2O2. The van der Waals surface area contributed by atoms with Crippen LogP contribution in [0.1, 0.15) is 47.0 Å². The smallest absolute Gasteiger partial charge is 0.248 e. The number of piperazine rings is 1. The van der Waals surface area contributed by atoms with Crippen molar-refractivity contribution >= 4 is 11.8 Å². The lowest BCUT2D eigenvalue weighted by Crippen LogP contribution is -2.73. The van der Waals surface area contributed by atoms with Crippen LogP contribution in [-0.4, -0.2) is 33.8 Å². The van der Waals surface area contributed by atoms with Crippen LogP contribution in [0, 0.1) is 0 Å². The normalized spacial score (nSPS) is 32.0. The number of carbonyl (C=O) groups is 2. The summed E-state index contributed by atoms with van der Waals surface area (Å²) in [6.07, 6.45) is 3.16. The van der Waals surface area contributed by atoms with Crippen LogP contribution in [0.4, 0.5) is 0 Å². The second kappa shape index (κ2) is 3.22. The van der Waals surface area contributed by atoms with E-state index in [4.69, 9.17) is 0 Å². The lowest BCUT2D eigenvalue weighted by molar-refractivity contribution is -0.164. The lowest BCUT2D eigenvalue weighted by Gasteiger charge is -2.54. The van der Waals surface area contributed by atoms with Gasteiger partial charge in [0, 0.05) is 5.54 Å². The highest BCUT2D eigenvalue weighted by molar-refractivity contribution is 5.99. The van der Waals surface area contributed by atoms with Crippen molar-refractivity contribution in [2.24, 2.45) is 0 Å². The van der Waals surface area contributed by atoms with Gasteiger partial charge in [-0.25, -0.2) is 0 Å². The molecule has 0 aromatic rings. The molecule has 4 heteroatoms. The predicted octanol–water partition coefficient (Wildman–Crippen LogP) is 1.05. The fraction of sp³-hybridized carbons (Fsp3) is 0.833. The van der Waals surface area contributed by atoms with E-state index in [9.17, 15) is 9.59 Å². The molecule has 2 amide bonds. The minimum Gasteiger partial charge on any atom is -0.340 e. The van der Waals surface area contributed by atoms with E-state index in [1.165, 1.54) is 0 Å². The Bertz CT molecular complexity index is 345. The highest BCUT2D eigenvalue weighted by atomic mass is 16.2. The second-order valence-electron chi connectivity index (χ2n) is 5.82. The van der Waals surface area contributed by atoms with Crippen molar-refractivity contribution < 1.29 is 9.59 Å². The first kappa shape index (κ1) is 11.4. The fourth-order valence-corrected chi connectivity index (χ4v) is 2.70. The Hall–Kier alpha value is -1.06. The van der Waals surface area contributed by atoms with Gasteiger partial charge in [-0.1, -0.05) is 0 Å². The quantitative estimate of drug-likeness (QED) is 0.724. The first-order valence-electron chi connectivity index (χ1n) is 5.94. The highest BCUT2D eigenvalue weighted by Gasteiger charge is 2.52. The van der Waals surface area contributed by atoms with Gasteiger partial charge in [-0.05, 0) is 47.0 Å². The number of nitrogens with zero attached hydrogens (tertiary/aromatic N) is 1. The topological polar surface area (TPSA) is 49.4 Å². The van der Waals surface area contributed by atoms with Gasteiger partial charge in [-0.3, -0.25) is 9.59 Å². The van der Waals surface area contributed by atoms with Crippen molar-refractivity contribution in [3.8, 4) is 0 Å². The monoisotopic (exact) mass is 224 g/mol. The third kappa shape index (κ3) is 1.43. The Morgan fingerprint density at radius 2 is 1.81 bits per heavy atom. The Balaban J connectivity index is 2.33. The molecule has 1 aliphatic heterocycles. The van der Waals surface area contributed by atoms with E-state index in [0.29, 0.717) is 0 Å². The second-order valence-corrected chi connectivity index (χ2v) is 5.82. The zero-order valence-corrected chi connectivity index (χ0v) is 10.5. The summed E-state index contributed by atoms with van der Waals surface area (Å²) in [5.41, 5.74) is -0.867. The summed E-state index contributed by atoms with van der Waals surface area (Å²) >= 11 is 0. The molecule has 0 bridgehead atoms. The SMILES string of the molecule is CC1C(=O)NC(C)(C)C(=O)N1C1(C)CCC1. The van der Waals surface area contributed by atoms with Gasteiger partial charge in [0.05, 0.1) is 0 Å². The molecule has 2 fully saturated rings. The molecule has 1 heterocycles. The molecule has 1 N–H and O–H groups in total. The van der Waals surface area contributed by atoms with Gasteiger partial charge in [-0.15, -0.1) is 0 Å². The summed E-state index contributed by atoms with van der Waals surface area (Å²) in [5.74, 6) is -0.000440. The van der Waals surface area contributed by atoms with Gasteiger partial charge in [-0.2, -0.15) is 0 Å². The third-order valence-corrected chi connectivity index (χ3v) is 3.97. The summed E-state index contributed by atoms with van der Waals surface area (Å²) in [6, 6.07) is -0.342. The molecule has 0 radical (unpaired) electrons. The van der Waals surface area contributed by atoms with Gasteiger partial charge in [0.25, 0.3) is 0 Å². The third-order valence-electron chi connectivity index (χ3n) is 3.97. The van der Waals surface area contributed by atoms with E-state index >= 15 is 0 Å². The standard InChI is InChI=1S/C12H20N2O2/c1-8-9(15)13-11(2,3)10(16)14(8)12(4)6-5-7-12/h8H,5-7H2,1-4H3,(H,13,15). The Kier molecular flexibility index (Phi) is 2.30. The molecule has 90 valence electrons.